The van der Waals surface area contributed by atoms with Crippen LogP contribution in [0.25, 0.3) is 0 Å². The summed E-state index contributed by atoms with van der Waals surface area (Å²) in [6.07, 6.45) is 1.11. The molecule has 6 nitrogen and oxygen atoms in total. The van der Waals surface area contributed by atoms with E-state index in [2.05, 4.69) is 9.73 Å². The average molecular weight is 159 g/mol. The van der Waals surface area contributed by atoms with E-state index in [1.165, 1.54) is 0 Å². The number of aliphatic carboxylic acids is 2. The van der Waals surface area contributed by atoms with Gasteiger partial charge in [0.25, 0.3) is 0 Å². The molecule has 0 amide bonds. The molecule has 0 radical (unpaired) electrons. The van der Waals surface area contributed by atoms with Crippen LogP contribution in [0.1, 0.15) is 0 Å². The molecule has 60 valence electrons. The Morgan fingerprint density at radius 3 is 2.18 bits per heavy atom. The van der Waals surface area contributed by atoms with Crippen LogP contribution in [0.5, 0.6) is 0 Å². The number of hydrogen-bond donors (Lipinski definition) is 2. The number of carboxylic acids is 2. The Labute approximate surface area is 61.1 Å². The first-order valence-electron chi connectivity index (χ1n) is 2.74. The van der Waals surface area contributed by atoms with Gasteiger partial charge in [-0.05, 0) is 0 Å². The molecule has 0 saturated carbocycles. The van der Waals surface area contributed by atoms with Crippen LogP contribution in [0.2, 0.25) is 0 Å². The van der Waals surface area contributed by atoms with Gasteiger partial charge in [0.1, 0.15) is 0 Å². The van der Waals surface area contributed by atoms with Gasteiger partial charge in [0.05, 0.1) is 6.61 Å². The average Bonchev–Trinajstić information content (AvgIpc) is 2.34. The first-order valence-corrected chi connectivity index (χ1v) is 2.74. The van der Waals surface area contributed by atoms with Crippen molar-refractivity contribution in [3.8, 4) is 0 Å². The second-order valence-electron chi connectivity index (χ2n) is 1.88. The van der Waals surface area contributed by atoms with Gasteiger partial charge in [-0.2, -0.15) is 0 Å². The summed E-state index contributed by atoms with van der Waals surface area (Å²) < 4.78 is 4.44. The Morgan fingerprint density at radius 2 is 2.00 bits per heavy atom. The lowest BCUT2D eigenvalue weighted by atomic mass is 10.2. The third kappa shape index (κ3) is 0.966. The van der Waals surface area contributed by atoms with E-state index in [-0.39, 0.29) is 6.61 Å². The number of carboxylic acid groups (broad SMARTS) is 2. The Kier molecular flexibility index (Phi) is 1.61. The summed E-state index contributed by atoms with van der Waals surface area (Å²) in [6, 6.07) is 0. The SMILES string of the molecule is O=C(O)C1(C(=O)O)N=CCO1. The lowest BCUT2D eigenvalue weighted by Gasteiger charge is -2.13. The van der Waals surface area contributed by atoms with Gasteiger partial charge in [0.2, 0.25) is 0 Å². The second kappa shape index (κ2) is 2.31. The van der Waals surface area contributed by atoms with Gasteiger partial charge in [0, 0.05) is 6.21 Å². The van der Waals surface area contributed by atoms with Crippen molar-refractivity contribution in [1.82, 2.24) is 0 Å². The highest BCUT2D eigenvalue weighted by Gasteiger charge is 2.50. The third-order valence-corrected chi connectivity index (χ3v) is 1.22. The van der Waals surface area contributed by atoms with E-state index in [9.17, 15) is 9.59 Å². The fourth-order valence-corrected chi connectivity index (χ4v) is 0.686. The van der Waals surface area contributed by atoms with Crippen LogP contribution in [0.3, 0.4) is 0 Å². The van der Waals surface area contributed by atoms with Crippen molar-refractivity contribution in [2.45, 2.75) is 5.72 Å². The topological polar surface area (TPSA) is 96.2 Å². The Bertz CT molecular complexity index is 219. The van der Waals surface area contributed by atoms with Crippen molar-refractivity contribution in [3.05, 3.63) is 0 Å². The molecule has 0 aromatic rings. The van der Waals surface area contributed by atoms with E-state index in [0.717, 1.165) is 6.21 Å². The van der Waals surface area contributed by atoms with Crippen molar-refractivity contribution in [1.29, 1.82) is 0 Å². The van der Waals surface area contributed by atoms with Crippen LogP contribution in [-0.4, -0.2) is 40.7 Å². The molecule has 6 heteroatoms. The van der Waals surface area contributed by atoms with Crippen LogP contribution in [0, 0.1) is 0 Å². The number of rotatable bonds is 2. The van der Waals surface area contributed by atoms with E-state index in [1.807, 2.05) is 0 Å². The third-order valence-electron chi connectivity index (χ3n) is 1.22. The lowest BCUT2D eigenvalue weighted by Crippen LogP contribution is -2.45. The monoisotopic (exact) mass is 159 g/mol. The summed E-state index contributed by atoms with van der Waals surface area (Å²) in [5.74, 6) is -3.22. The first-order chi connectivity index (χ1) is 5.09. The minimum absolute atomic E-state index is 0.0847. The molecule has 1 heterocycles. The Balaban J connectivity index is 2.98. The van der Waals surface area contributed by atoms with Crippen LogP contribution in [0.15, 0.2) is 4.99 Å². The number of ether oxygens (including phenoxy) is 1. The second-order valence-corrected chi connectivity index (χ2v) is 1.88. The summed E-state index contributed by atoms with van der Waals surface area (Å²) in [4.78, 5) is 23.9. The molecular formula is C5H5NO5. The molecule has 0 unspecified atom stereocenters. The highest BCUT2D eigenvalue weighted by molar-refractivity contribution is 6.03. The molecule has 0 saturated heterocycles. The predicted molar refractivity (Wildman–Crippen MR) is 32.4 cm³/mol. The van der Waals surface area contributed by atoms with Gasteiger partial charge in [-0.1, -0.05) is 0 Å². The molecule has 1 aliphatic rings. The number of carbonyl (C=O) groups is 2. The highest BCUT2D eigenvalue weighted by Crippen LogP contribution is 2.17. The highest BCUT2D eigenvalue weighted by atomic mass is 16.6. The molecule has 0 aromatic carbocycles. The molecule has 11 heavy (non-hydrogen) atoms. The van der Waals surface area contributed by atoms with E-state index in [0.29, 0.717) is 0 Å². The predicted octanol–water partition coefficient (Wildman–Crippen LogP) is -1.05. The van der Waals surface area contributed by atoms with Gasteiger partial charge in [-0.15, -0.1) is 0 Å². The van der Waals surface area contributed by atoms with Gasteiger partial charge < -0.3 is 14.9 Å². The summed E-state index contributed by atoms with van der Waals surface area (Å²) in [7, 11) is 0. The van der Waals surface area contributed by atoms with Crippen molar-refractivity contribution in [2.75, 3.05) is 6.61 Å². The Hall–Kier alpha value is -1.43. The maximum Gasteiger partial charge on any atom is 0.371 e. The maximum absolute atomic E-state index is 10.3. The number of nitrogens with zero attached hydrogens (tertiary/aromatic N) is 1. The fourth-order valence-electron chi connectivity index (χ4n) is 0.686. The zero-order chi connectivity index (χ0) is 8.48. The largest absolute Gasteiger partial charge is 0.477 e. The minimum Gasteiger partial charge on any atom is -0.477 e. The molecule has 2 N–H and O–H groups in total. The van der Waals surface area contributed by atoms with Crippen molar-refractivity contribution >= 4 is 18.2 Å². The van der Waals surface area contributed by atoms with Gasteiger partial charge in [0.15, 0.2) is 0 Å². The maximum atomic E-state index is 10.3. The van der Waals surface area contributed by atoms with Crippen LogP contribution in [-0.2, 0) is 14.3 Å². The quantitative estimate of drug-likeness (QED) is 0.501. The van der Waals surface area contributed by atoms with Crippen molar-refractivity contribution in [2.24, 2.45) is 4.99 Å². The molecular weight excluding hydrogens is 154 g/mol. The number of hydrogen-bond acceptors (Lipinski definition) is 4. The smallest absolute Gasteiger partial charge is 0.371 e. The molecule has 0 bridgehead atoms. The molecule has 1 rings (SSSR count). The van der Waals surface area contributed by atoms with Crippen LogP contribution >= 0.6 is 0 Å². The standard InChI is InChI=1S/C5H5NO5/c7-3(8)5(4(9)10)6-1-2-11-5/h1H,2H2,(H,7,8)(H,9,10). The lowest BCUT2D eigenvalue weighted by molar-refractivity contribution is -0.177. The molecule has 0 aromatic heterocycles. The van der Waals surface area contributed by atoms with Gasteiger partial charge in [-0.3, -0.25) is 0 Å². The Morgan fingerprint density at radius 1 is 1.45 bits per heavy atom. The van der Waals surface area contributed by atoms with E-state index in [1.54, 1.807) is 0 Å². The van der Waals surface area contributed by atoms with Crippen LogP contribution in [0.4, 0.5) is 0 Å². The van der Waals surface area contributed by atoms with E-state index < -0.39 is 17.7 Å². The normalized spacial score (nSPS) is 20.0. The summed E-state index contributed by atoms with van der Waals surface area (Å²) in [5, 5.41) is 16.8. The zero-order valence-corrected chi connectivity index (χ0v) is 5.35. The summed E-state index contributed by atoms with van der Waals surface area (Å²) in [5.41, 5.74) is -2.40. The van der Waals surface area contributed by atoms with Crippen molar-refractivity contribution in [3.63, 3.8) is 0 Å². The van der Waals surface area contributed by atoms with Gasteiger partial charge in [-0.25, -0.2) is 14.6 Å². The molecule has 0 fully saturated rings. The summed E-state index contributed by atoms with van der Waals surface area (Å²) in [6.45, 7) is -0.0847. The van der Waals surface area contributed by atoms with Crippen molar-refractivity contribution < 1.29 is 24.5 Å². The molecule has 0 atom stereocenters. The fraction of sp³-hybridized carbons (Fsp3) is 0.400. The molecule has 0 aliphatic carbocycles. The van der Waals surface area contributed by atoms with Gasteiger partial charge >= 0.3 is 17.7 Å². The first kappa shape index (κ1) is 7.67. The van der Waals surface area contributed by atoms with E-state index in [4.69, 9.17) is 10.2 Å². The molecule has 0 spiro atoms. The minimum atomic E-state index is -2.40. The zero-order valence-electron chi connectivity index (χ0n) is 5.35. The molecule has 1 aliphatic heterocycles. The van der Waals surface area contributed by atoms with E-state index >= 15 is 0 Å². The summed E-state index contributed by atoms with van der Waals surface area (Å²) >= 11 is 0. The van der Waals surface area contributed by atoms with Crippen LogP contribution < -0.4 is 0 Å². The number of aliphatic imine (C=N–C) groups is 1.